The van der Waals surface area contributed by atoms with Crippen LogP contribution in [0.5, 0.6) is 0 Å². The van der Waals surface area contributed by atoms with Crippen LogP contribution in [0.1, 0.15) is 42.9 Å². The number of nitrogens with one attached hydrogen (secondary N) is 1. The van der Waals surface area contributed by atoms with Gasteiger partial charge in [0.2, 0.25) is 0 Å². The quantitative estimate of drug-likeness (QED) is 0.621. The van der Waals surface area contributed by atoms with Gasteiger partial charge >= 0.3 is 0 Å². The molecule has 0 fully saturated rings. The Morgan fingerprint density at radius 2 is 1.32 bits per heavy atom. The monoisotopic (exact) mass is 295 g/mol. The van der Waals surface area contributed by atoms with Gasteiger partial charge in [0.05, 0.1) is 0 Å². The van der Waals surface area contributed by atoms with Gasteiger partial charge in [-0.05, 0) is 61.9 Å². The molecular weight excluding hydrogens is 266 g/mol. The highest BCUT2D eigenvalue weighted by Gasteiger charge is 1.95. The average Bonchev–Trinajstić information content (AvgIpc) is 2.59. The molecule has 2 rings (SSSR count). The zero-order chi connectivity index (χ0) is 15.5. The van der Waals surface area contributed by atoms with Crippen molar-refractivity contribution in [3.05, 3.63) is 71.3 Å². The van der Waals surface area contributed by atoms with E-state index in [4.69, 9.17) is 0 Å². The second kappa shape index (κ2) is 10.2. The predicted molar refractivity (Wildman–Crippen MR) is 96.4 cm³/mol. The molecule has 0 saturated carbocycles. The van der Waals surface area contributed by atoms with Gasteiger partial charge in [0, 0.05) is 0 Å². The Balaban J connectivity index is 1.47. The summed E-state index contributed by atoms with van der Waals surface area (Å²) in [6, 6.07) is 19.8. The van der Waals surface area contributed by atoms with E-state index in [1.54, 1.807) is 0 Å². The predicted octanol–water partition coefficient (Wildman–Crippen LogP) is 4.79. The van der Waals surface area contributed by atoms with Gasteiger partial charge < -0.3 is 5.32 Å². The summed E-state index contributed by atoms with van der Waals surface area (Å²) in [5.74, 6) is 0. The molecule has 0 spiro atoms. The Morgan fingerprint density at radius 1 is 0.636 bits per heavy atom. The summed E-state index contributed by atoms with van der Waals surface area (Å²) in [6.45, 7) is 4.43. The molecule has 1 N–H and O–H groups in total. The maximum absolute atomic E-state index is 3.56. The number of rotatable bonds is 10. The summed E-state index contributed by atoms with van der Waals surface area (Å²) < 4.78 is 0. The summed E-state index contributed by atoms with van der Waals surface area (Å²) in [7, 11) is 0. The molecule has 0 amide bonds. The van der Waals surface area contributed by atoms with E-state index in [0.29, 0.717) is 0 Å². The first-order valence-corrected chi connectivity index (χ1v) is 8.71. The van der Waals surface area contributed by atoms with Gasteiger partial charge in [-0.25, -0.2) is 0 Å². The van der Waals surface area contributed by atoms with Crippen LogP contribution in [0, 0.1) is 0 Å². The molecule has 22 heavy (non-hydrogen) atoms. The van der Waals surface area contributed by atoms with Gasteiger partial charge in [-0.2, -0.15) is 0 Å². The van der Waals surface area contributed by atoms with Gasteiger partial charge in [0.1, 0.15) is 0 Å². The molecular formula is C21H29N. The first-order valence-electron chi connectivity index (χ1n) is 8.71. The summed E-state index contributed by atoms with van der Waals surface area (Å²) in [4.78, 5) is 0. The van der Waals surface area contributed by atoms with Crippen molar-refractivity contribution in [3.8, 4) is 0 Å². The normalized spacial score (nSPS) is 10.8. The zero-order valence-corrected chi connectivity index (χ0v) is 13.9. The minimum Gasteiger partial charge on any atom is -0.316 e. The van der Waals surface area contributed by atoms with Crippen LogP contribution in [-0.4, -0.2) is 13.1 Å². The third kappa shape index (κ3) is 6.44. The van der Waals surface area contributed by atoms with Gasteiger partial charge in [0.25, 0.3) is 0 Å². The lowest BCUT2D eigenvalue weighted by Crippen LogP contribution is -2.18. The van der Waals surface area contributed by atoms with Gasteiger partial charge in [-0.1, -0.05) is 67.9 Å². The van der Waals surface area contributed by atoms with Crippen LogP contribution in [0.3, 0.4) is 0 Å². The second-order valence-electron chi connectivity index (χ2n) is 5.97. The summed E-state index contributed by atoms with van der Waals surface area (Å²) in [5.41, 5.74) is 4.33. The Morgan fingerprint density at radius 3 is 2.05 bits per heavy atom. The lowest BCUT2D eigenvalue weighted by atomic mass is 10.1. The van der Waals surface area contributed by atoms with Crippen molar-refractivity contribution in [2.75, 3.05) is 13.1 Å². The van der Waals surface area contributed by atoms with Crippen LogP contribution in [0.25, 0.3) is 0 Å². The summed E-state index contributed by atoms with van der Waals surface area (Å²) >= 11 is 0. The van der Waals surface area contributed by atoms with E-state index in [9.17, 15) is 0 Å². The molecule has 1 nitrogen and oxygen atoms in total. The number of benzene rings is 2. The molecule has 0 atom stereocenters. The summed E-state index contributed by atoms with van der Waals surface area (Å²) in [6.07, 6.45) is 7.36. The molecule has 0 bridgehead atoms. The van der Waals surface area contributed by atoms with Crippen LogP contribution in [-0.2, 0) is 19.3 Å². The third-order valence-corrected chi connectivity index (χ3v) is 4.18. The summed E-state index contributed by atoms with van der Waals surface area (Å²) in [5, 5.41) is 3.56. The average molecular weight is 295 g/mol. The highest BCUT2D eigenvalue weighted by atomic mass is 14.8. The van der Waals surface area contributed by atoms with Crippen molar-refractivity contribution in [2.45, 2.75) is 45.4 Å². The lowest BCUT2D eigenvalue weighted by molar-refractivity contribution is 0.603. The van der Waals surface area contributed by atoms with E-state index in [2.05, 4.69) is 66.8 Å². The number of unbranched alkanes of at least 4 members (excludes halogenated alkanes) is 2. The van der Waals surface area contributed by atoms with E-state index in [1.165, 1.54) is 42.4 Å². The zero-order valence-electron chi connectivity index (χ0n) is 13.9. The number of aryl methyl sites for hydroxylation is 2. The van der Waals surface area contributed by atoms with Gasteiger partial charge in [-0.15, -0.1) is 0 Å². The minimum absolute atomic E-state index is 1.09. The largest absolute Gasteiger partial charge is 0.316 e. The number of hydrogen-bond donors (Lipinski definition) is 1. The van der Waals surface area contributed by atoms with Crippen LogP contribution in [0.2, 0.25) is 0 Å². The van der Waals surface area contributed by atoms with Crippen LogP contribution in [0.4, 0.5) is 0 Å². The lowest BCUT2D eigenvalue weighted by Gasteiger charge is -2.06. The van der Waals surface area contributed by atoms with Crippen molar-refractivity contribution in [1.82, 2.24) is 5.32 Å². The molecule has 0 unspecified atom stereocenters. The van der Waals surface area contributed by atoms with Crippen molar-refractivity contribution in [2.24, 2.45) is 0 Å². The third-order valence-electron chi connectivity index (χ3n) is 4.18. The Kier molecular flexibility index (Phi) is 7.76. The maximum Gasteiger partial charge on any atom is -0.000835 e. The first kappa shape index (κ1) is 16.8. The van der Waals surface area contributed by atoms with E-state index in [1.807, 2.05) is 0 Å². The second-order valence-corrected chi connectivity index (χ2v) is 5.97. The van der Waals surface area contributed by atoms with Crippen molar-refractivity contribution in [3.63, 3.8) is 0 Å². The molecule has 0 aliphatic rings. The molecule has 2 aromatic carbocycles. The highest BCUT2D eigenvalue weighted by Crippen LogP contribution is 2.06. The Hall–Kier alpha value is -1.60. The molecule has 0 heterocycles. The Labute approximate surface area is 135 Å². The topological polar surface area (TPSA) is 12.0 Å². The van der Waals surface area contributed by atoms with Gasteiger partial charge in [0.15, 0.2) is 0 Å². The van der Waals surface area contributed by atoms with Gasteiger partial charge in [-0.3, -0.25) is 0 Å². The standard InChI is InChI=1S/C21H29N/c1-2-19-12-14-21(15-13-19)16-18-22-17-8-4-7-11-20-9-5-3-6-10-20/h3,5-6,9-10,12-15,22H,2,4,7-8,11,16-18H2,1H3. The highest BCUT2D eigenvalue weighted by molar-refractivity contribution is 5.22. The van der Waals surface area contributed by atoms with E-state index in [0.717, 1.165) is 25.9 Å². The van der Waals surface area contributed by atoms with Crippen LogP contribution < -0.4 is 5.32 Å². The van der Waals surface area contributed by atoms with E-state index >= 15 is 0 Å². The molecule has 118 valence electrons. The fourth-order valence-corrected chi connectivity index (χ4v) is 2.70. The smallest absolute Gasteiger partial charge is 0.000835 e. The van der Waals surface area contributed by atoms with E-state index < -0.39 is 0 Å². The molecule has 0 saturated heterocycles. The first-order chi connectivity index (χ1) is 10.9. The SMILES string of the molecule is CCc1ccc(CCNCCCCCc2ccccc2)cc1. The molecule has 0 aromatic heterocycles. The van der Waals surface area contributed by atoms with E-state index in [-0.39, 0.29) is 0 Å². The fourth-order valence-electron chi connectivity index (χ4n) is 2.70. The minimum atomic E-state index is 1.09. The van der Waals surface area contributed by atoms with Crippen molar-refractivity contribution in [1.29, 1.82) is 0 Å². The molecule has 0 radical (unpaired) electrons. The fraction of sp³-hybridized carbons (Fsp3) is 0.429. The van der Waals surface area contributed by atoms with Crippen LogP contribution >= 0.6 is 0 Å². The maximum atomic E-state index is 3.56. The number of hydrogen-bond acceptors (Lipinski definition) is 1. The Bertz CT molecular complexity index is 501. The molecule has 1 heteroatoms. The molecule has 2 aromatic rings. The molecule has 0 aliphatic heterocycles. The van der Waals surface area contributed by atoms with Crippen LogP contribution in [0.15, 0.2) is 54.6 Å². The molecule has 0 aliphatic carbocycles. The van der Waals surface area contributed by atoms with Crippen molar-refractivity contribution < 1.29 is 0 Å². The van der Waals surface area contributed by atoms with Crippen molar-refractivity contribution >= 4 is 0 Å².